The first-order valence-corrected chi connectivity index (χ1v) is 9.66. The van der Waals surface area contributed by atoms with E-state index >= 15 is 0 Å². The minimum Gasteiger partial charge on any atom is -0.459 e. The van der Waals surface area contributed by atoms with E-state index in [0.717, 1.165) is 25.1 Å². The molecule has 0 bridgehead atoms. The summed E-state index contributed by atoms with van der Waals surface area (Å²) >= 11 is 5.53. The molecular weight excluding hydrogens is 374 g/mol. The van der Waals surface area contributed by atoms with Gasteiger partial charge >= 0.3 is 11.9 Å². The van der Waals surface area contributed by atoms with Crippen LogP contribution in [-0.4, -0.2) is 42.6 Å². The largest absolute Gasteiger partial charge is 0.459 e. The van der Waals surface area contributed by atoms with Crippen LogP contribution in [0, 0.1) is 0 Å². The number of carbonyl (C=O) groups is 2. The second kappa shape index (κ2) is 9.32. The minimum absolute atomic E-state index is 0.161. The number of esters is 1. The Balaban J connectivity index is 1.52. The summed E-state index contributed by atoms with van der Waals surface area (Å²) in [7, 11) is 0. The average Bonchev–Trinajstić information content (AvgIpc) is 3.18. The van der Waals surface area contributed by atoms with Crippen molar-refractivity contribution in [2.75, 3.05) is 29.9 Å². The Hall–Kier alpha value is -2.93. The lowest BCUT2D eigenvalue weighted by molar-refractivity contribution is -0.152. The Morgan fingerprint density at radius 3 is 2.54 bits per heavy atom. The summed E-state index contributed by atoms with van der Waals surface area (Å²) in [5, 5.41) is 5.92. The standard InChI is InChI=1S/C21H23N3O3S/c1-2-27-21(26)19(25)22-16-10-8-15(9-11-16)20(28)23-17-12-13-24(14-17)18-6-4-3-5-7-18/h3-11,17H,2,12-14H2,1H3,(H,22,25)(H,23,28). The van der Waals surface area contributed by atoms with Gasteiger partial charge in [-0.15, -0.1) is 0 Å². The van der Waals surface area contributed by atoms with Crippen molar-refractivity contribution in [1.29, 1.82) is 0 Å². The van der Waals surface area contributed by atoms with Crippen LogP contribution in [0.25, 0.3) is 0 Å². The second-order valence-corrected chi connectivity index (χ2v) is 6.90. The van der Waals surface area contributed by atoms with Gasteiger partial charge in [-0.2, -0.15) is 0 Å². The molecule has 1 aliphatic rings. The maximum Gasteiger partial charge on any atom is 0.397 e. The Labute approximate surface area is 169 Å². The first kappa shape index (κ1) is 19.8. The van der Waals surface area contributed by atoms with Crippen molar-refractivity contribution < 1.29 is 14.3 Å². The third-order valence-electron chi connectivity index (χ3n) is 4.51. The zero-order valence-electron chi connectivity index (χ0n) is 15.7. The molecule has 3 rings (SSSR count). The second-order valence-electron chi connectivity index (χ2n) is 6.49. The predicted octanol–water partition coefficient (Wildman–Crippen LogP) is 2.73. The Bertz CT molecular complexity index is 840. The van der Waals surface area contributed by atoms with Gasteiger partial charge < -0.3 is 20.3 Å². The van der Waals surface area contributed by atoms with E-state index in [2.05, 4.69) is 32.4 Å². The molecule has 1 heterocycles. The van der Waals surface area contributed by atoms with E-state index in [9.17, 15) is 9.59 Å². The zero-order chi connectivity index (χ0) is 19.9. The maximum atomic E-state index is 11.7. The van der Waals surface area contributed by atoms with Crippen molar-refractivity contribution in [3.05, 3.63) is 60.2 Å². The summed E-state index contributed by atoms with van der Waals surface area (Å²) < 4.78 is 4.67. The molecule has 0 saturated carbocycles. The van der Waals surface area contributed by atoms with Gasteiger partial charge in [0.15, 0.2) is 0 Å². The molecule has 1 fully saturated rings. The molecule has 28 heavy (non-hydrogen) atoms. The zero-order valence-corrected chi connectivity index (χ0v) is 16.5. The van der Waals surface area contributed by atoms with Crippen molar-refractivity contribution in [3.63, 3.8) is 0 Å². The summed E-state index contributed by atoms with van der Waals surface area (Å²) in [5.41, 5.74) is 2.60. The SMILES string of the molecule is CCOC(=O)C(=O)Nc1ccc(C(=S)NC2CCN(c3ccccc3)C2)cc1. The minimum atomic E-state index is -0.895. The van der Waals surface area contributed by atoms with Crippen LogP contribution >= 0.6 is 12.2 Å². The lowest BCUT2D eigenvalue weighted by atomic mass is 10.2. The van der Waals surface area contributed by atoms with Crippen LogP contribution in [0.5, 0.6) is 0 Å². The van der Waals surface area contributed by atoms with E-state index in [1.807, 2.05) is 30.3 Å². The lowest BCUT2D eigenvalue weighted by Gasteiger charge is -2.19. The summed E-state index contributed by atoms with van der Waals surface area (Å²) in [6.45, 7) is 3.70. The van der Waals surface area contributed by atoms with Crippen molar-refractivity contribution in [1.82, 2.24) is 5.32 Å². The molecule has 2 aromatic rings. The fourth-order valence-corrected chi connectivity index (χ4v) is 3.41. The molecule has 0 radical (unpaired) electrons. The van der Waals surface area contributed by atoms with E-state index in [1.165, 1.54) is 5.69 Å². The number of hydrogen-bond donors (Lipinski definition) is 2. The van der Waals surface area contributed by atoms with Gasteiger partial charge in [0.1, 0.15) is 4.99 Å². The van der Waals surface area contributed by atoms with Gasteiger partial charge in [0, 0.05) is 36.1 Å². The lowest BCUT2D eigenvalue weighted by Crippen LogP contribution is -2.36. The monoisotopic (exact) mass is 397 g/mol. The molecule has 1 aliphatic heterocycles. The van der Waals surface area contributed by atoms with Crippen LogP contribution in [0.15, 0.2) is 54.6 Å². The molecule has 1 amide bonds. The summed E-state index contributed by atoms with van der Waals surface area (Å²) in [6.07, 6.45) is 1.02. The van der Waals surface area contributed by atoms with Crippen molar-refractivity contribution in [3.8, 4) is 0 Å². The third kappa shape index (κ3) is 5.07. The molecule has 1 saturated heterocycles. The van der Waals surface area contributed by atoms with E-state index in [0.29, 0.717) is 10.7 Å². The van der Waals surface area contributed by atoms with Crippen LogP contribution < -0.4 is 15.5 Å². The topological polar surface area (TPSA) is 70.7 Å². The van der Waals surface area contributed by atoms with Crippen LogP contribution in [0.3, 0.4) is 0 Å². The smallest absolute Gasteiger partial charge is 0.397 e. The molecule has 6 nitrogen and oxygen atoms in total. The quantitative estimate of drug-likeness (QED) is 0.459. The van der Waals surface area contributed by atoms with Gasteiger partial charge in [0.05, 0.1) is 6.61 Å². The molecule has 1 atom stereocenters. The normalized spacial score (nSPS) is 15.8. The van der Waals surface area contributed by atoms with Gasteiger partial charge in [0.2, 0.25) is 0 Å². The molecule has 1 unspecified atom stereocenters. The number of ether oxygens (including phenoxy) is 1. The Morgan fingerprint density at radius 1 is 1.14 bits per heavy atom. The number of carbonyl (C=O) groups excluding carboxylic acids is 2. The molecule has 2 aromatic carbocycles. The molecule has 2 N–H and O–H groups in total. The summed E-state index contributed by atoms with van der Waals surface area (Å²) in [5.74, 6) is -1.68. The Kier molecular flexibility index (Phi) is 6.60. The van der Waals surface area contributed by atoms with Gasteiger partial charge in [-0.05, 0) is 49.7 Å². The number of nitrogens with one attached hydrogen (secondary N) is 2. The van der Waals surface area contributed by atoms with Gasteiger partial charge in [0.25, 0.3) is 0 Å². The number of nitrogens with zero attached hydrogens (tertiary/aromatic N) is 1. The number of thiocarbonyl (C=S) groups is 1. The molecule has 146 valence electrons. The number of para-hydroxylation sites is 1. The van der Waals surface area contributed by atoms with Crippen molar-refractivity contribution in [2.24, 2.45) is 0 Å². The van der Waals surface area contributed by atoms with Crippen LogP contribution in [-0.2, 0) is 14.3 Å². The van der Waals surface area contributed by atoms with E-state index in [-0.39, 0.29) is 12.6 Å². The highest BCUT2D eigenvalue weighted by atomic mass is 32.1. The highest BCUT2D eigenvalue weighted by molar-refractivity contribution is 7.80. The van der Waals surface area contributed by atoms with Crippen LogP contribution in [0.4, 0.5) is 11.4 Å². The first-order chi connectivity index (χ1) is 13.6. The van der Waals surface area contributed by atoms with E-state index in [4.69, 9.17) is 12.2 Å². The molecule has 7 heteroatoms. The molecular formula is C21H23N3O3S. The van der Waals surface area contributed by atoms with Gasteiger partial charge in [-0.3, -0.25) is 4.79 Å². The third-order valence-corrected chi connectivity index (χ3v) is 4.86. The highest BCUT2D eigenvalue weighted by Gasteiger charge is 2.23. The predicted molar refractivity (Wildman–Crippen MR) is 114 cm³/mol. The number of amides is 1. The van der Waals surface area contributed by atoms with E-state index in [1.54, 1.807) is 19.1 Å². The maximum absolute atomic E-state index is 11.7. The van der Waals surface area contributed by atoms with Crippen LogP contribution in [0.2, 0.25) is 0 Å². The number of rotatable bonds is 5. The number of anilines is 2. The van der Waals surface area contributed by atoms with E-state index < -0.39 is 11.9 Å². The van der Waals surface area contributed by atoms with Crippen molar-refractivity contribution >= 4 is 40.5 Å². The first-order valence-electron chi connectivity index (χ1n) is 9.26. The molecule has 0 spiro atoms. The Morgan fingerprint density at radius 2 is 1.86 bits per heavy atom. The molecule has 0 aromatic heterocycles. The van der Waals surface area contributed by atoms with Crippen LogP contribution in [0.1, 0.15) is 18.9 Å². The summed E-state index contributed by atoms with van der Waals surface area (Å²) in [4.78, 5) is 26.1. The van der Waals surface area contributed by atoms with Gasteiger partial charge in [-0.1, -0.05) is 30.4 Å². The highest BCUT2D eigenvalue weighted by Crippen LogP contribution is 2.20. The number of hydrogen-bond acceptors (Lipinski definition) is 5. The van der Waals surface area contributed by atoms with Crippen molar-refractivity contribution in [2.45, 2.75) is 19.4 Å². The fraction of sp³-hybridized carbons (Fsp3) is 0.286. The molecule has 0 aliphatic carbocycles. The summed E-state index contributed by atoms with van der Waals surface area (Å²) in [6, 6.07) is 17.7. The number of benzene rings is 2. The average molecular weight is 398 g/mol. The van der Waals surface area contributed by atoms with Gasteiger partial charge in [-0.25, -0.2) is 4.79 Å². The fourth-order valence-electron chi connectivity index (χ4n) is 3.10.